The van der Waals surface area contributed by atoms with E-state index in [4.69, 9.17) is 4.74 Å². The molecule has 2 aliphatic heterocycles. The highest BCUT2D eigenvalue weighted by Crippen LogP contribution is 2.36. The molecule has 7 nitrogen and oxygen atoms in total. The Morgan fingerprint density at radius 2 is 1.79 bits per heavy atom. The Morgan fingerprint density at radius 3 is 2.56 bits per heavy atom. The molecule has 1 N–H and O–H groups in total. The van der Waals surface area contributed by atoms with Gasteiger partial charge in [-0.1, -0.05) is 0 Å². The number of hydrogen-bond acceptors (Lipinski definition) is 4. The summed E-state index contributed by atoms with van der Waals surface area (Å²) in [4.78, 5) is 29.3. The van der Waals surface area contributed by atoms with E-state index in [1.807, 2.05) is 28.3 Å². The molecule has 5 heterocycles. The number of hydrogen-bond donors (Lipinski definition) is 1. The fraction of sp³-hybridized carbons (Fsp3) is 0.414. The molecule has 6 rings (SSSR count). The molecular weight excluding hydrogens is 507 g/mol. The van der Waals surface area contributed by atoms with Crippen LogP contribution in [0.2, 0.25) is 0 Å². The predicted octanol–water partition coefficient (Wildman–Crippen LogP) is 6.22. The molecule has 0 radical (unpaired) electrons. The molecule has 0 saturated carbocycles. The van der Waals surface area contributed by atoms with Crippen LogP contribution in [0.5, 0.6) is 5.75 Å². The van der Waals surface area contributed by atoms with Gasteiger partial charge in [-0.15, -0.1) is 0 Å². The molecule has 2 amide bonds. The van der Waals surface area contributed by atoms with Crippen molar-refractivity contribution in [1.29, 1.82) is 0 Å². The number of rotatable bonds is 4. The number of carbonyl (C=O) groups is 1. The van der Waals surface area contributed by atoms with E-state index in [9.17, 15) is 18.0 Å². The number of pyridine rings is 2. The fourth-order valence-corrected chi connectivity index (χ4v) is 5.94. The van der Waals surface area contributed by atoms with Gasteiger partial charge in [0, 0.05) is 55.3 Å². The number of halogens is 3. The van der Waals surface area contributed by atoms with E-state index in [1.165, 1.54) is 17.7 Å². The summed E-state index contributed by atoms with van der Waals surface area (Å²) in [6.07, 6.45) is 4.79. The minimum atomic E-state index is -4.37. The van der Waals surface area contributed by atoms with E-state index in [-0.39, 0.29) is 11.9 Å². The van der Waals surface area contributed by atoms with E-state index < -0.39 is 11.7 Å². The lowest BCUT2D eigenvalue weighted by Gasteiger charge is -2.39. The molecule has 10 heteroatoms. The highest BCUT2D eigenvalue weighted by atomic mass is 19.4. The minimum Gasteiger partial charge on any atom is -0.493 e. The third kappa shape index (κ3) is 5.24. The number of ether oxygens (including phenoxy) is 1. The number of fused-ring (bicyclic) bond motifs is 3. The Bertz CT molecular complexity index is 1460. The molecule has 4 aromatic rings. The first-order valence-corrected chi connectivity index (χ1v) is 13.4. The van der Waals surface area contributed by atoms with Gasteiger partial charge in [-0.05, 0) is 73.6 Å². The quantitative estimate of drug-likeness (QED) is 0.335. The second-order valence-electron chi connectivity index (χ2n) is 10.5. The zero-order valence-corrected chi connectivity index (χ0v) is 21.5. The summed E-state index contributed by atoms with van der Waals surface area (Å²) in [6.45, 7) is 3.06. The topological polar surface area (TPSA) is 74.4 Å². The first kappa shape index (κ1) is 25.5. The third-order valence-corrected chi connectivity index (χ3v) is 7.99. The molecule has 0 aliphatic carbocycles. The van der Waals surface area contributed by atoms with Crippen LogP contribution in [0.1, 0.15) is 42.7 Å². The number of amides is 2. The van der Waals surface area contributed by atoms with E-state index in [0.717, 1.165) is 59.8 Å². The number of nitrogens with one attached hydrogen (secondary N) is 1. The maximum atomic E-state index is 13.4. The van der Waals surface area contributed by atoms with Crippen molar-refractivity contribution >= 4 is 28.0 Å². The van der Waals surface area contributed by atoms with Gasteiger partial charge in [-0.25, -0.2) is 14.8 Å². The number of aromatic nitrogens is 3. The lowest BCUT2D eigenvalue weighted by molar-refractivity contribution is -0.137. The molecule has 39 heavy (non-hydrogen) atoms. The van der Waals surface area contributed by atoms with Crippen molar-refractivity contribution < 1.29 is 22.7 Å². The van der Waals surface area contributed by atoms with Crippen molar-refractivity contribution in [2.75, 3.05) is 32.8 Å². The van der Waals surface area contributed by atoms with Crippen molar-refractivity contribution in [3.63, 3.8) is 0 Å². The molecule has 0 spiro atoms. The number of carbonyl (C=O) groups excluding carboxylic acids is 1. The highest BCUT2D eigenvalue weighted by molar-refractivity contribution is 6.05. The number of nitrogens with zero attached hydrogens (tertiary/aromatic N) is 4. The number of urea groups is 1. The van der Waals surface area contributed by atoms with Crippen LogP contribution in [0.25, 0.3) is 21.9 Å². The number of piperidine rings is 2. The lowest BCUT2D eigenvalue weighted by atomic mass is 9.87. The Kier molecular flexibility index (Phi) is 6.78. The van der Waals surface area contributed by atoms with Gasteiger partial charge in [0.25, 0.3) is 0 Å². The number of likely N-dealkylation sites (tertiary alicyclic amines) is 2. The van der Waals surface area contributed by atoms with Crippen LogP contribution in [0, 0.1) is 5.92 Å². The number of benzene rings is 1. The van der Waals surface area contributed by atoms with Crippen molar-refractivity contribution in [1.82, 2.24) is 24.8 Å². The van der Waals surface area contributed by atoms with E-state index in [0.29, 0.717) is 44.5 Å². The first-order chi connectivity index (χ1) is 18.9. The van der Waals surface area contributed by atoms with Gasteiger partial charge in [0.2, 0.25) is 0 Å². The summed E-state index contributed by atoms with van der Waals surface area (Å²) < 4.78 is 44.2. The van der Waals surface area contributed by atoms with Crippen LogP contribution in [0.4, 0.5) is 18.0 Å². The zero-order chi connectivity index (χ0) is 27.0. The van der Waals surface area contributed by atoms with Crippen LogP contribution in [0.3, 0.4) is 0 Å². The molecule has 2 aliphatic rings. The summed E-state index contributed by atoms with van der Waals surface area (Å²) in [7, 11) is 0. The molecular formula is C29H30F3N5O2. The molecule has 3 aromatic heterocycles. The average molecular weight is 538 g/mol. The van der Waals surface area contributed by atoms with Gasteiger partial charge in [0.15, 0.2) is 5.65 Å². The zero-order valence-electron chi connectivity index (χ0n) is 21.5. The summed E-state index contributed by atoms with van der Waals surface area (Å²) in [5, 5.41) is 2.22. The monoisotopic (exact) mass is 537 g/mol. The van der Waals surface area contributed by atoms with Crippen LogP contribution < -0.4 is 4.74 Å². The van der Waals surface area contributed by atoms with Crippen LogP contribution in [-0.4, -0.2) is 63.6 Å². The number of H-pyrrole nitrogens is 1. The molecule has 0 bridgehead atoms. The predicted molar refractivity (Wildman–Crippen MR) is 142 cm³/mol. The molecule has 204 valence electrons. The van der Waals surface area contributed by atoms with Crippen LogP contribution >= 0.6 is 0 Å². The largest absolute Gasteiger partial charge is 0.493 e. The van der Waals surface area contributed by atoms with Gasteiger partial charge in [0.05, 0.1) is 23.9 Å². The number of alkyl halides is 3. The van der Waals surface area contributed by atoms with Crippen molar-refractivity contribution in [2.24, 2.45) is 5.92 Å². The lowest BCUT2D eigenvalue weighted by Crippen LogP contribution is -2.50. The van der Waals surface area contributed by atoms with Gasteiger partial charge >= 0.3 is 12.2 Å². The molecule has 1 atom stereocenters. The van der Waals surface area contributed by atoms with Gasteiger partial charge in [-0.3, -0.25) is 0 Å². The Balaban J connectivity index is 1.05. The molecule has 2 fully saturated rings. The Morgan fingerprint density at radius 1 is 1.00 bits per heavy atom. The number of aromatic amines is 1. The smallest absolute Gasteiger partial charge is 0.416 e. The highest BCUT2D eigenvalue weighted by Gasteiger charge is 2.32. The second kappa shape index (κ2) is 10.4. The van der Waals surface area contributed by atoms with Crippen LogP contribution in [0.15, 0.2) is 55.0 Å². The Labute approximate surface area is 224 Å². The van der Waals surface area contributed by atoms with Crippen LogP contribution in [-0.2, 0) is 6.18 Å². The minimum absolute atomic E-state index is 0.0609. The van der Waals surface area contributed by atoms with E-state index in [2.05, 4.69) is 21.0 Å². The van der Waals surface area contributed by atoms with Gasteiger partial charge in [-0.2, -0.15) is 13.2 Å². The van der Waals surface area contributed by atoms with Gasteiger partial charge in [0.1, 0.15) is 5.75 Å². The summed E-state index contributed by atoms with van der Waals surface area (Å²) in [5.41, 5.74) is 2.32. The standard InChI is InChI=1S/C29H30F3N5O2/c30-29(31,32)21-3-5-22(6-4-21)39-18-19-2-1-13-37(17-19)28(38)36-14-9-20(10-15-36)23-7-11-33-25-16-35-27-24(26(23)25)8-12-34-27/h3-8,11-12,16,19-20,33H,1-2,9-10,13-15,17-18H2. The maximum Gasteiger partial charge on any atom is 0.416 e. The molecule has 1 unspecified atom stereocenters. The molecule has 2 saturated heterocycles. The second-order valence-corrected chi connectivity index (χ2v) is 10.5. The van der Waals surface area contributed by atoms with E-state index in [1.54, 1.807) is 6.20 Å². The third-order valence-electron chi connectivity index (χ3n) is 7.99. The van der Waals surface area contributed by atoms with Crippen molar-refractivity contribution in [3.05, 3.63) is 66.1 Å². The molecule has 1 aromatic carbocycles. The summed E-state index contributed by atoms with van der Waals surface area (Å²) in [5.74, 6) is 0.895. The summed E-state index contributed by atoms with van der Waals surface area (Å²) in [6, 6.07) is 8.97. The SMILES string of the molecule is O=C(N1CCC(c2cc[nH]c3cnc4nccc4c23)CC1)N1CCCC(COc2ccc(C(F)(F)F)cc2)C1. The van der Waals surface area contributed by atoms with Gasteiger partial charge < -0.3 is 19.5 Å². The first-order valence-electron chi connectivity index (χ1n) is 13.4. The average Bonchev–Trinajstić information content (AvgIpc) is 3.45. The maximum absolute atomic E-state index is 13.4. The van der Waals surface area contributed by atoms with Crippen molar-refractivity contribution in [3.8, 4) is 5.75 Å². The fourth-order valence-electron chi connectivity index (χ4n) is 5.94. The van der Waals surface area contributed by atoms with E-state index >= 15 is 0 Å². The Hall–Kier alpha value is -3.82. The summed E-state index contributed by atoms with van der Waals surface area (Å²) >= 11 is 0. The van der Waals surface area contributed by atoms with Crippen molar-refractivity contribution in [2.45, 2.75) is 37.8 Å². The normalized spacial score (nSPS) is 19.1.